The second-order valence-electron chi connectivity index (χ2n) is 7.75. The molecule has 1 atom stereocenters. The third kappa shape index (κ3) is 5.37. The summed E-state index contributed by atoms with van der Waals surface area (Å²) >= 11 is 6.30. The van der Waals surface area contributed by atoms with Gasteiger partial charge in [-0.25, -0.2) is 8.42 Å². The van der Waals surface area contributed by atoms with Gasteiger partial charge in [0.05, 0.1) is 17.7 Å². The Morgan fingerprint density at radius 3 is 2.41 bits per heavy atom. The molecule has 0 saturated carbocycles. The number of anilines is 1. The minimum atomic E-state index is -3.76. The Morgan fingerprint density at radius 2 is 1.81 bits per heavy atom. The third-order valence-corrected chi connectivity index (χ3v) is 6.27. The van der Waals surface area contributed by atoms with Crippen LogP contribution in [0.2, 0.25) is 5.02 Å². The van der Waals surface area contributed by atoms with Gasteiger partial charge in [-0.1, -0.05) is 68.6 Å². The van der Waals surface area contributed by atoms with Gasteiger partial charge < -0.3 is 4.90 Å². The fourth-order valence-corrected chi connectivity index (χ4v) is 4.54. The number of aliphatic imine (C=N–C) groups is 1. The number of fused-ring (bicyclic) bond motifs is 1. The number of nitrogens with zero attached hydrogens (tertiary/aromatic N) is 2. The van der Waals surface area contributed by atoms with E-state index in [4.69, 9.17) is 16.6 Å². The van der Waals surface area contributed by atoms with E-state index in [0.717, 1.165) is 24.7 Å². The van der Waals surface area contributed by atoms with Gasteiger partial charge in [-0.2, -0.15) is 0 Å². The monoisotopic (exact) mass is 475 g/mol. The lowest BCUT2D eigenvalue weighted by Crippen LogP contribution is -2.47. The van der Waals surface area contributed by atoms with E-state index in [2.05, 4.69) is 0 Å². The lowest BCUT2D eigenvalue weighted by Gasteiger charge is -2.27. The molecule has 0 aliphatic carbocycles. The molecule has 2 aromatic rings. The smallest absolute Gasteiger partial charge is 0.253 e. The summed E-state index contributed by atoms with van der Waals surface area (Å²) in [6.07, 6.45) is 2.34. The zero-order valence-corrected chi connectivity index (χ0v) is 19.8. The molecule has 170 valence electrons. The van der Waals surface area contributed by atoms with Crippen molar-refractivity contribution < 1.29 is 18.0 Å². The first kappa shape index (κ1) is 23.9. The number of hydrogen-bond acceptors (Lipinski definition) is 5. The van der Waals surface area contributed by atoms with E-state index in [1.165, 1.54) is 4.90 Å². The average Bonchev–Trinajstić information content (AvgIpc) is 2.84. The maximum Gasteiger partial charge on any atom is 0.253 e. The van der Waals surface area contributed by atoms with Crippen LogP contribution in [0.15, 0.2) is 53.5 Å². The quantitative estimate of drug-likeness (QED) is 0.663. The van der Waals surface area contributed by atoms with Gasteiger partial charge >= 0.3 is 0 Å². The maximum absolute atomic E-state index is 13.7. The normalized spacial score (nSPS) is 16.4. The highest BCUT2D eigenvalue weighted by Gasteiger charge is 2.36. The van der Waals surface area contributed by atoms with Crippen LogP contribution in [0.3, 0.4) is 0 Å². The van der Waals surface area contributed by atoms with Crippen molar-refractivity contribution in [2.24, 2.45) is 10.9 Å². The van der Waals surface area contributed by atoms with Gasteiger partial charge in [0.25, 0.3) is 11.8 Å². The van der Waals surface area contributed by atoms with Gasteiger partial charge in [0.1, 0.15) is 12.6 Å². The van der Waals surface area contributed by atoms with Gasteiger partial charge in [0.15, 0.2) is 0 Å². The van der Waals surface area contributed by atoms with E-state index in [9.17, 15) is 18.0 Å². The Bertz CT molecular complexity index is 1150. The van der Waals surface area contributed by atoms with E-state index in [-0.39, 0.29) is 11.8 Å². The van der Waals surface area contributed by atoms with Crippen molar-refractivity contribution >= 4 is 44.8 Å². The molecule has 3 rings (SSSR count). The predicted octanol–water partition coefficient (Wildman–Crippen LogP) is 3.40. The van der Waals surface area contributed by atoms with Crippen molar-refractivity contribution in [2.45, 2.75) is 32.7 Å². The number of nitrogens with one attached hydrogen (secondary N) is 1. The minimum Gasteiger partial charge on any atom is -0.300 e. The highest BCUT2D eigenvalue weighted by Crippen LogP contribution is 2.33. The molecule has 9 heteroatoms. The molecular formula is C23H26ClN3O4S. The van der Waals surface area contributed by atoms with Crippen molar-refractivity contribution in [1.29, 1.82) is 0 Å². The summed E-state index contributed by atoms with van der Waals surface area (Å²) in [4.78, 5) is 32.4. The molecule has 0 aromatic heterocycles. The molecular weight excluding hydrogens is 450 g/mol. The van der Waals surface area contributed by atoms with Crippen LogP contribution in [0.1, 0.15) is 37.8 Å². The molecule has 0 unspecified atom stereocenters. The second-order valence-corrected chi connectivity index (χ2v) is 9.93. The Labute approximate surface area is 193 Å². The Morgan fingerprint density at radius 1 is 1.16 bits per heavy atom. The molecule has 1 aliphatic heterocycles. The standard InChI is InChI=1S/C23H26ClN3O4S/c1-4-15(5-2)22-23(29)27(14-20(28)26-32(3,30)31)19-12-11-17(24)13-18(19)21(25-22)16-9-7-6-8-10-16/h6-13,15,22H,4-5,14H2,1-3H3,(H,26,28)/t22-/m0/s1. The van der Waals surface area contributed by atoms with Crippen LogP contribution in [-0.2, 0) is 19.6 Å². The van der Waals surface area contributed by atoms with Gasteiger partial charge in [0.2, 0.25) is 10.0 Å². The van der Waals surface area contributed by atoms with Crippen molar-refractivity contribution in [1.82, 2.24) is 4.72 Å². The van der Waals surface area contributed by atoms with Crippen LogP contribution in [0.25, 0.3) is 0 Å². The molecule has 0 radical (unpaired) electrons. The lowest BCUT2D eigenvalue weighted by molar-refractivity contribution is -0.124. The summed E-state index contributed by atoms with van der Waals surface area (Å²) in [6, 6.07) is 13.8. The van der Waals surface area contributed by atoms with Crippen LogP contribution in [0, 0.1) is 5.92 Å². The summed E-state index contributed by atoms with van der Waals surface area (Å²) in [5.41, 5.74) is 2.50. The lowest BCUT2D eigenvalue weighted by atomic mass is 9.93. The number of benzene rings is 2. The Hall–Kier alpha value is -2.71. The zero-order valence-electron chi connectivity index (χ0n) is 18.2. The molecule has 2 aromatic carbocycles. The highest BCUT2D eigenvalue weighted by atomic mass is 35.5. The van der Waals surface area contributed by atoms with E-state index < -0.39 is 28.5 Å². The fraction of sp³-hybridized carbons (Fsp3) is 0.348. The molecule has 1 aliphatic rings. The minimum absolute atomic E-state index is 0.0496. The second kappa shape index (κ2) is 9.83. The molecule has 0 spiro atoms. The van der Waals surface area contributed by atoms with Gasteiger partial charge in [-0.3, -0.25) is 19.3 Å². The maximum atomic E-state index is 13.7. The summed E-state index contributed by atoms with van der Waals surface area (Å²) in [6.45, 7) is 3.54. The third-order valence-electron chi connectivity index (χ3n) is 5.44. The van der Waals surface area contributed by atoms with Gasteiger partial charge in [-0.15, -0.1) is 0 Å². The summed E-state index contributed by atoms with van der Waals surface area (Å²) in [5, 5.41) is 0.460. The van der Waals surface area contributed by atoms with Crippen molar-refractivity contribution in [2.75, 3.05) is 17.7 Å². The van der Waals surface area contributed by atoms with Crippen LogP contribution >= 0.6 is 11.6 Å². The van der Waals surface area contributed by atoms with E-state index in [1.807, 2.05) is 48.9 Å². The zero-order chi connectivity index (χ0) is 23.5. The van der Waals surface area contributed by atoms with Crippen molar-refractivity contribution in [3.63, 3.8) is 0 Å². The van der Waals surface area contributed by atoms with Crippen LogP contribution < -0.4 is 9.62 Å². The Balaban J connectivity index is 2.21. The van der Waals surface area contributed by atoms with E-state index >= 15 is 0 Å². The molecule has 2 amide bonds. The summed E-state index contributed by atoms with van der Waals surface area (Å²) in [5.74, 6) is -1.20. The summed E-state index contributed by atoms with van der Waals surface area (Å²) < 4.78 is 25.0. The topological polar surface area (TPSA) is 95.9 Å². The summed E-state index contributed by atoms with van der Waals surface area (Å²) in [7, 11) is -3.76. The molecule has 7 nitrogen and oxygen atoms in total. The number of sulfonamides is 1. The van der Waals surface area contributed by atoms with Crippen LogP contribution in [0.4, 0.5) is 5.69 Å². The number of carbonyl (C=O) groups is 2. The number of benzodiazepines with no additional fused rings is 1. The first-order chi connectivity index (χ1) is 15.1. The van der Waals surface area contributed by atoms with Crippen molar-refractivity contribution in [3.05, 3.63) is 64.7 Å². The van der Waals surface area contributed by atoms with Crippen LogP contribution in [-0.4, -0.2) is 44.8 Å². The Kier molecular flexibility index (Phi) is 7.36. The number of amides is 2. The van der Waals surface area contributed by atoms with E-state index in [0.29, 0.717) is 22.0 Å². The number of halogens is 1. The SMILES string of the molecule is CCC(CC)[C@@H]1N=C(c2ccccc2)c2cc(Cl)ccc2N(CC(=O)NS(C)(=O)=O)C1=O. The van der Waals surface area contributed by atoms with Gasteiger partial charge in [-0.05, 0) is 24.1 Å². The molecule has 1 heterocycles. The van der Waals surface area contributed by atoms with Crippen molar-refractivity contribution in [3.8, 4) is 0 Å². The average molecular weight is 476 g/mol. The predicted molar refractivity (Wildman–Crippen MR) is 127 cm³/mol. The fourth-order valence-electron chi connectivity index (χ4n) is 3.89. The van der Waals surface area contributed by atoms with E-state index in [1.54, 1.807) is 18.2 Å². The first-order valence-corrected chi connectivity index (χ1v) is 12.7. The van der Waals surface area contributed by atoms with Gasteiger partial charge in [0, 0.05) is 16.1 Å². The number of hydrogen-bond donors (Lipinski definition) is 1. The molecule has 0 bridgehead atoms. The molecule has 1 N–H and O–H groups in total. The molecule has 0 fully saturated rings. The number of carbonyl (C=O) groups excluding carboxylic acids is 2. The largest absolute Gasteiger partial charge is 0.300 e. The first-order valence-electron chi connectivity index (χ1n) is 10.4. The highest BCUT2D eigenvalue weighted by molar-refractivity contribution is 7.89. The molecule has 32 heavy (non-hydrogen) atoms. The number of rotatable bonds is 7. The van der Waals surface area contributed by atoms with Crippen LogP contribution in [0.5, 0.6) is 0 Å². The molecule has 0 saturated heterocycles.